The van der Waals surface area contributed by atoms with Gasteiger partial charge in [-0.2, -0.15) is 0 Å². The number of carbonyl (C=O) groups is 2. The van der Waals surface area contributed by atoms with Crippen LogP contribution in [0.3, 0.4) is 0 Å². The lowest BCUT2D eigenvalue weighted by Gasteiger charge is -2.13. The van der Waals surface area contributed by atoms with E-state index in [0.29, 0.717) is 12.1 Å². The van der Waals surface area contributed by atoms with Crippen molar-refractivity contribution in [3.8, 4) is 0 Å². The maximum atomic E-state index is 11.7. The Morgan fingerprint density at radius 1 is 1.32 bits per heavy atom. The van der Waals surface area contributed by atoms with E-state index in [-0.39, 0.29) is 0 Å². The number of nitrogens with one attached hydrogen (secondary N) is 2. The molecule has 0 saturated carbocycles. The highest BCUT2D eigenvalue weighted by Gasteiger charge is 2.18. The van der Waals surface area contributed by atoms with Gasteiger partial charge in [-0.15, -0.1) is 0 Å². The van der Waals surface area contributed by atoms with Crippen LogP contribution in [-0.2, 0) is 17.6 Å². The smallest absolute Gasteiger partial charge is 0.326 e. The molecule has 2 rings (SSSR count). The Balaban J connectivity index is 1.97. The van der Waals surface area contributed by atoms with E-state index in [1.54, 1.807) is 6.92 Å². The molecule has 1 aliphatic rings. The Morgan fingerprint density at radius 2 is 2.05 bits per heavy atom. The molecule has 2 amide bonds. The topological polar surface area (TPSA) is 78.4 Å². The molecule has 0 saturated heterocycles. The first-order valence-electron chi connectivity index (χ1n) is 6.52. The first-order chi connectivity index (χ1) is 9.10. The number of urea groups is 1. The van der Waals surface area contributed by atoms with Gasteiger partial charge in [-0.3, -0.25) is 0 Å². The number of aliphatic carboxylic acids is 1. The van der Waals surface area contributed by atoms with Gasteiger partial charge in [-0.25, -0.2) is 9.59 Å². The normalized spacial score (nSPS) is 14.6. The van der Waals surface area contributed by atoms with Crippen LogP contribution in [0.15, 0.2) is 18.2 Å². The molecule has 102 valence electrons. The highest BCUT2D eigenvalue weighted by atomic mass is 16.4. The van der Waals surface area contributed by atoms with Crippen molar-refractivity contribution in [1.29, 1.82) is 0 Å². The van der Waals surface area contributed by atoms with Crippen molar-refractivity contribution in [3.05, 3.63) is 29.3 Å². The van der Waals surface area contributed by atoms with Crippen molar-refractivity contribution in [3.63, 3.8) is 0 Å². The van der Waals surface area contributed by atoms with Crippen molar-refractivity contribution >= 4 is 17.7 Å². The molecule has 1 atom stereocenters. The Bertz CT molecular complexity index is 499. The number of hydrogen-bond donors (Lipinski definition) is 3. The van der Waals surface area contributed by atoms with Gasteiger partial charge in [0.15, 0.2) is 0 Å². The van der Waals surface area contributed by atoms with Crippen LogP contribution in [0.5, 0.6) is 0 Å². The number of rotatable bonds is 4. The van der Waals surface area contributed by atoms with E-state index in [0.717, 1.165) is 19.3 Å². The molecule has 0 aliphatic heterocycles. The van der Waals surface area contributed by atoms with Crippen LogP contribution in [0.25, 0.3) is 0 Å². The molecule has 1 aliphatic carbocycles. The van der Waals surface area contributed by atoms with Gasteiger partial charge in [0, 0.05) is 5.69 Å². The summed E-state index contributed by atoms with van der Waals surface area (Å²) in [6.45, 7) is 1.72. The van der Waals surface area contributed by atoms with Crippen LogP contribution in [0, 0.1) is 0 Å². The van der Waals surface area contributed by atoms with E-state index in [2.05, 4.69) is 10.6 Å². The van der Waals surface area contributed by atoms with E-state index in [1.807, 2.05) is 18.2 Å². The third kappa shape index (κ3) is 3.24. The lowest BCUT2D eigenvalue weighted by molar-refractivity contribution is -0.139. The summed E-state index contributed by atoms with van der Waals surface area (Å²) in [5, 5.41) is 14.0. The van der Waals surface area contributed by atoms with Gasteiger partial charge in [0.1, 0.15) is 6.04 Å². The second-order valence-electron chi connectivity index (χ2n) is 4.73. The van der Waals surface area contributed by atoms with Crippen LogP contribution in [0.2, 0.25) is 0 Å². The second kappa shape index (κ2) is 5.73. The second-order valence-corrected chi connectivity index (χ2v) is 4.73. The Labute approximate surface area is 112 Å². The number of fused-ring (bicyclic) bond motifs is 1. The molecule has 1 aromatic rings. The average molecular weight is 262 g/mol. The number of carbonyl (C=O) groups excluding carboxylic acids is 1. The number of carboxylic acid groups (broad SMARTS) is 1. The summed E-state index contributed by atoms with van der Waals surface area (Å²) >= 11 is 0. The van der Waals surface area contributed by atoms with E-state index in [4.69, 9.17) is 5.11 Å². The van der Waals surface area contributed by atoms with Gasteiger partial charge in [-0.05, 0) is 48.9 Å². The third-order valence-electron chi connectivity index (χ3n) is 3.37. The summed E-state index contributed by atoms with van der Waals surface area (Å²) < 4.78 is 0. The highest BCUT2D eigenvalue weighted by Crippen LogP contribution is 2.24. The van der Waals surface area contributed by atoms with Gasteiger partial charge in [-0.1, -0.05) is 13.0 Å². The van der Waals surface area contributed by atoms with Crippen molar-refractivity contribution in [2.24, 2.45) is 0 Å². The molecule has 0 spiro atoms. The molecular formula is C14H18N2O3. The summed E-state index contributed by atoms with van der Waals surface area (Å²) in [6.07, 6.45) is 3.65. The minimum Gasteiger partial charge on any atom is -0.480 e. The van der Waals surface area contributed by atoms with Gasteiger partial charge in [0.05, 0.1) is 0 Å². The number of anilines is 1. The van der Waals surface area contributed by atoms with E-state index in [1.165, 1.54) is 11.1 Å². The van der Waals surface area contributed by atoms with E-state index in [9.17, 15) is 9.59 Å². The van der Waals surface area contributed by atoms with Crippen LogP contribution in [0.4, 0.5) is 10.5 Å². The summed E-state index contributed by atoms with van der Waals surface area (Å²) in [6, 6.07) is 4.50. The molecule has 1 unspecified atom stereocenters. The first kappa shape index (κ1) is 13.4. The summed E-state index contributed by atoms with van der Waals surface area (Å²) in [7, 11) is 0. The zero-order valence-electron chi connectivity index (χ0n) is 10.9. The van der Waals surface area contributed by atoms with Crippen LogP contribution in [0.1, 0.15) is 30.9 Å². The summed E-state index contributed by atoms with van der Waals surface area (Å²) in [4.78, 5) is 22.5. The molecule has 1 aromatic carbocycles. The quantitative estimate of drug-likeness (QED) is 0.778. The van der Waals surface area contributed by atoms with E-state index < -0.39 is 18.0 Å². The van der Waals surface area contributed by atoms with Crippen LogP contribution >= 0.6 is 0 Å². The molecule has 0 heterocycles. The number of hydrogen-bond acceptors (Lipinski definition) is 2. The Kier molecular flexibility index (Phi) is 4.04. The maximum Gasteiger partial charge on any atom is 0.326 e. The molecular weight excluding hydrogens is 244 g/mol. The number of carboxylic acids is 1. The summed E-state index contributed by atoms with van der Waals surface area (Å²) in [5.41, 5.74) is 3.31. The predicted molar refractivity (Wildman–Crippen MR) is 72.3 cm³/mol. The van der Waals surface area contributed by atoms with Gasteiger partial charge < -0.3 is 15.7 Å². The predicted octanol–water partition coefficient (Wildman–Crippen LogP) is 2.16. The maximum absolute atomic E-state index is 11.7. The van der Waals surface area contributed by atoms with E-state index >= 15 is 0 Å². The molecule has 0 aromatic heterocycles. The third-order valence-corrected chi connectivity index (χ3v) is 3.37. The van der Waals surface area contributed by atoms with Crippen molar-refractivity contribution < 1.29 is 14.7 Å². The molecule has 0 bridgehead atoms. The van der Waals surface area contributed by atoms with Crippen molar-refractivity contribution in [2.45, 2.75) is 38.6 Å². The molecule has 5 heteroatoms. The fourth-order valence-corrected chi connectivity index (χ4v) is 2.31. The molecule has 5 nitrogen and oxygen atoms in total. The lowest BCUT2D eigenvalue weighted by Crippen LogP contribution is -2.42. The molecule has 3 N–H and O–H groups in total. The largest absolute Gasteiger partial charge is 0.480 e. The van der Waals surface area contributed by atoms with Crippen molar-refractivity contribution in [1.82, 2.24) is 5.32 Å². The summed E-state index contributed by atoms with van der Waals surface area (Å²) in [5.74, 6) is -1.02. The molecule has 0 radical (unpaired) electrons. The Hall–Kier alpha value is -2.04. The van der Waals surface area contributed by atoms with Crippen LogP contribution in [-0.4, -0.2) is 23.1 Å². The fourth-order valence-electron chi connectivity index (χ4n) is 2.31. The molecule has 19 heavy (non-hydrogen) atoms. The van der Waals surface area contributed by atoms with Gasteiger partial charge >= 0.3 is 12.0 Å². The minimum atomic E-state index is -1.02. The lowest BCUT2D eigenvalue weighted by atomic mass is 10.1. The number of aryl methyl sites for hydroxylation is 2. The average Bonchev–Trinajstić information content (AvgIpc) is 2.82. The zero-order valence-corrected chi connectivity index (χ0v) is 10.9. The number of amides is 2. The van der Waals surface area contributed by atoms with Gasteiger partial charge in [0.2, 0.25) is 0 Å². The van der Waals surface area contributed by atoms with Gasteiger partial charge in [0.25, 0.3) is 0 Å². The van der Waals surface area contributed by atoms with Crippen molar-refractivity contribution in [2.75, 3.05) is 5.32 Å². The fraction of sp³-hybridized carbons (Fsp3) is 0.429. The SMILES string of the molecule is CCC(NC(=O)Nc1ccc2c(c1)CCC2)C(=O)O. The molecule has 0 fully saturated rings. The monoisotopic (exact) mass is 262 g/mol. The zero-order chi connectivity index (χ0) is 13.8. The minimum absolute atomic E-state index is 0.354. The Morgan fingerprint density at radius 3 is 2.74 bits per heavy atom. The highest BCUT2D eigenvalue weighted by molar-refractivity contribution is 5.92. The number of benzene rings is 1. The van der Waals surface area contributed by atoms with Crippen LogP contribution < -0.4 is 10.6 Å². The first-order valence-corrected chi connectivity index (χ1v) is 6.52. The standard InChI is InChI=1S/C14H18N2O3/c1-2-12(13(17)18)16-14(19)15-11-7-6-9-4-3-5-10(9)8-11/h6-8,12H,2-5H2,1H3,(H,17,18)(H2,15,16,19).